The van der Waals surface area contributed by atoms with Crippen LogP contribution in [0, 0.1) is 6.07 Å². The number of benzene rings is 1. The number of halogens is 7. The monoisotopic (exact) mass is 261 g/mol. The van der Waals surface area contributed by atoms with E-state index in [1.54, 1.807) is 0 Å². The number of para-hydroxylation sites is 1. The number of hydrogen-bond donors (Lipinski definition) is 0. The van der Waals surface area contributed by atoms with E-state index in [0.29, 0.717) is 0 Å². The second kappa shape index (κ2) is 4.08. The highest BCUT2D eigenvalue weighted by molar-refractivity contribution is 5.20. The smallest absolute Gasteiger partial charge is 0.427 e. The van der Waals surface area contributed by atoms with E-state index in [-0.39, 0.29) is 0 Å². The van der Waals surface area contributed by atoms with Gasteiger partial charge in [0.05, 0.1) is 0 Å². The third-order valence-corrected chi connectivity index (χ3v) is 1.64. The molecule has 0 spiro atoms. The van der Waals surface area contributed by atoms with Crippen LogP contribution >= 0.6 is 0 Å². The van der Waals surface area contributed by atoms with Crippen LogP contribution in [0.15, 0.2) is 24.3 Å². The lowest BCUT2D eigenvalue weighted by Crippen LogP contribution is -2.55. The van der Waals surface area contributed by atoms with Gasteiger partial charge >= 0.3 is 18.2 Å². The Bertz CT molecular complexity index is 371. The van der Waals surface area contributed by atoms with E-state index >= 15 is 0 Å². The van der Waals surface area contributed by atoms with Gasteiger partial charge in [-0.05, 0) is 6.07 Å². The Morgan fingerprint density at radius 1 is 0.941 bits per heavy atom. The summed E-state index contributed by atoms with van der Waals surface area (Å²) in [5.74, 6) is -7.20. The first-order valence-electron chi connectivity index (χ1n) is 4.06. The van der Waals surface area contributed by atoms with Crippen molar-refractivity contribution in [2.45, 2.75) is 18.2 Å². The van der Waals surface area contributed by atoms with Gasteiger partial charge in [-0.25, -0.2) is 0 Å². The molecular formula is C9H4F7O. The number of alkyl halides is 7. The van der Waals surface area contributed by atoms with Crippen LogP contribution in [-0.2, 0) is 0 Å². The quantitative estimate of drug-likeness (QED) is 0.754. The fraction of sp³-hybridized carbons (Fsp3) is 0.333. The average molecular weight is 261 g/mol. The van der Waals surface area contributed by atoms with Crippen molar-refractivity contribution in [2.75, 3.05) is 0 Å². The predicted molar refractivity (Wildman–Crippen MR) is 41.9 cm³/mol. The molecule has 0 unspecified atom stereocenters. The second-order valence-electron chi connectivity index (χ2n) is 2.92. The Labute approximate surface area is 90.8 Å². The molecule has 0 heterocycles. The van der Waals surface area contributed by atoms with Crippen molar-refractivity contribution in [3.05, 3.63) is 30.3 Å². The summed E-state index contributed by atoms with van der Waals surface area (Å²) in [7, 11) is 0. The van der Waals surface area contributed by atoms with Crippen molar-refractivity contribution < 1.29 is 35.5 Å². The van der Waals surface area contributed by atoms with Gasteiger partial charge in [0, 0.05) is 6.07 Å². The fourth-order valence-electron chi connectivity index (χ4n) is 0.808. The summed E-state index contributed by atoms with van der Waals surface area (Å²) in [5.41, 5.74) is 0. The lowest BCUT2D eigenvalue weighted by molar-refractivity contribution is -0.402. The molecule has 8 heteroatoms. The molecular weight excluding hydrogens is 257 g/mol. The van der Waals surface area contributed by atoms with Crippen LogP contribution in [0.1, 0.15) is 0 Å². The zero-order valence-electron chi connectivity index (χ0n) is 7.86. The minimum Gasteiger partial charge on any atom is -0.427 e. The molecule has 1 rings (SSSR count). The van der Waals surface area contributed by atoms with Crippen molar-refractivity contribution in [1.29, 1.82) is 0 Å². The van der Waals surface area contributed by atoms with Crippen LogP contribution in [-0.4, -0.2) is 18.2 Å². The van der Waals surface area contributed by atoms with Crippen molar-refractivity contribution in [2.24, 2.45) is 0 Å². The van der Waals surface area contributed by atoms with Gasteiger partial charge in [0.2, 0.25) is 0 Å². The Balaban J connectivity index is 2.96. The van der Waals surface area contributed by atoms with Crippen molar-refractivity contribution in [3.8, 4) is 5.75 Å². The van der Waals surface area contributed by atoms with Crippen molar-refractivity contribution in [3.63, 3.8) is 0 Å². The van der Waals surface area contributed by atoms with E-state index in [4.69, 9.17) is 0 Å². The molecule has 0 aliphatic carbocycles. The molecule has 1 radical (unpaired) electrons. The summed E-state index contributed by atoms with van der Waals surface area (Å²) >= 11 is 0. The van der Waals surface area contributed by atoms with Crippen LogP contribution in [0.5, 0.6) is 5.75 Å². The van der Waals surface area contributed by atoms with E-state index < -0.39 is 24.0 Å². The Kier molecular flexibility index (Phi) is 3.26. The van der Waals surface area contributed by atoms with Gasteiger partial charge in [0.15, 0.2) is 0 Å². The van der Waals surface area contributed by atoms with Gasteiger partial charge in [-0.15, -0.1) is 0 Å². The minimum atomic E-state index is -6.41. The minimum absolute atomic E-state index is 0.778. The largest absolute Gasteiger partial charge is 0.474 e. The van der Waals surface area contributed by atoms with E-state index in [1.807, 2.05) is 6.07 Å². The Morgan fingerprint density at radius 2 is 1.53 bits per heavy atom. The molecule has 95 valence electrons. The molecule has 0 saturated heterocycles. The summed E-state index contributed by atoms with van der Waals surface area (Å²) in [4.78, 5) is 0. The Morgan fingerprint density at radius 3 is 1.94 bits per heavy atom. The molecule has 0 fully saturated rings. The van der Waals surface area contributed by atoms with Gasteiger partial charge < -0.3 is 4.74 Å². The molecule has 0 saturated carbocycles. The molecule has 1 nitrogen and oxygen atoms in total. The average Bonchev–Trinajstić information content (AvgIpc) is 2.16. The van der Waals surface area contributed by atoms with E-state index in [2.05, 4.69) is 4.74 Å². The van der Waals surface area contributed by atoms with Gasteiger partial charge in [0.1, 0.15) is 5.75 Å². The molecule has 0 aromatic heterocycles. The summed E-state index contributed by atoms with van der Waals surface area (Å²) in [6.07, 6.45) is -12.1. The summed E-state index contributed by atoms with van der Waals surface area (Å²) in [5, 5.41) is 0. The lowest BCUT2D eigenvalue weighted by Gasteiger charge is -2.27. The van der Waals surface area contributed by atoms with Crippen LogP contribution in [0.4, 0.5) is 30.7 Å². The van der Waals surface area contributed by atoms with Gasteiger partial charge in [-0.2, -0.15) is 30.7 Å². The second-order valence-corrected chi connectivity index (χ2v) is 2.92. The SMILES string of the molecule is FC(F)(F)C(F)(F)C(F)(F)Oc1[c]cccc1. The highest BCUT2D eigenvalue weighted by Crippen LogP contribution is 2.46. The zero-order valence-corrected chi connectivity index (χ0v) is 7.86. The fourth-order valence-corrected chi connectivity index (χ4v) is 0.808. The molecule has 1 aromatic carbocycles. The van der Waals surface area contributed by atoms with E-state index in [0.717, 1.165) is 18.2 Å². The van der Waals surface area contributed by atoms with Gasteiger partial charge in [-0.1, -0.05) is 18.2 Å². The zero-order chi connectivity index (χ0) is 13.3. The first-order valence-corrected chi connectivity index (χ1v) is 4.06. The first-order chi connectivity index (χ1) is 7.58. The maximum Gasteiger partial charge on any atom is 0.474 e. The molecule has 0 bridgehead atoms. The number of hydrogen-bond acceptors (Lipinski definition) is 1. The molecule has 0 aliphatic rings. The predicted octanol–water partition coefficient (Wildman–Crippen LogP) is 3.66. The van der Waals surface area contributed by atoms with Crippen LogP contribution < -0.4 is 4.74 Å². The Hall–Kier alpha value is -1.47. The van der Waals surface area contributed by atoms with Gasteiger partial charge in [0.25, 0.3) is 0 Å². The molecule has 17 heavy (non-hydrogen) atoms. The normalized spacial score (nSPS) is 13.6. The maximum absolute atomic E-state index is 12.7. The van der Waals surface area contributed by atoms with Crippen molar-refractivity contribution in [1.82, 2.24) is 0 Å². The highest BCUT2D eigenvalue weighted by atomic mass is 19.4. The third kappa shape index (κ3) is 2.62. The number of rotatable bonds is 3. The molecule has 0 aliphatic heterocycles. The third-order valence-electron chi connectivity index (χ3n) is 1.64. The molecule has 0 N–H and O–H groups in total. The van der Waals surface area contributed by atoms with Gasteiger partial charge in [-0.3, -0.25) is 0 Å². The summed E-state index contributed by atoms with van der Waals surface area (Å²) < 4.78 is 88.6. The highest BCUT2D eigenvalue weighted by Gasteiger charge is 2.75. The molecule has 0 amide bonds. The first kappa shape index (κ1) is 13.6. The van der Waals surface area contributed by atoms with Crippen LogP contribution in [0.25, 0.3) is 0 Å². The summed E-state index contributed by atoms with van der Waals surface area (Å²) in [6, 6.07) is 6.17. The standard InChI is InChI=1S/C9H4F7O/c10-7(11,8(12,13)14)9(15,16)17-6-4-2-1-3-5-6/h1-4H. The van der Waals surface area contributed by atoms with Crippen LogP contribution in [0.3, 0.4) is 0 Å². The van der Waals surface area contributed by atoms with Crippen molar-refractivity contribution >= 4 is 0 Å². The van der Waals surface area contributed by atoms with E-state index in [9.17, 15) is 30.7 Å². The topological polar surface area (TPSA) is 9.23 Å². The lowest BCUT2D eigenvalue weighted by atomic mass is 10.3. The molecule has 0 atom stereocenters. The number of ether oxygens (including phenoxy) is 1. The van der Waals surface area contributed by atoms with Crippen LogP contribution in [0.2, 0.25) is 0 Å². The summed E-state index contributed by atoms with van der Waals surface area (Å²) in [6.45, 7) is 0. The maximum atomic E-state index is 12.7. The molecule has 1 aromatic rings. The van der Waals surface area contributed by atoms with E-state index in [1.165, 1.54) is 6.07 Å².